The van der Waals surface area contributed by atoms with Gasteiger partial charge in [0.05, 0.1) is 10.6 Å². The van der Waals surface area contributed by atoms with Crippen LogP contribution in [0.25, 0.3) is 0 Å². The number of ether oxygens (including phenoxy) is 1. The van der Waals surface area contributed by atoms with Crippen LogP contribution >= 0.6 is 11.6 Å². The molecule has 0 bridgehead atoms. The van der Waals surface area contributed by atoms with Crippen molar-refractivity contribution in [1.82, 2.24) is 16.0 Å². The molecule has 1 rings (SSSR count). The minimum atomic E-state index is -0.975. The minimum absolute atomic E-state index is 0.222. The van der Waals surface area contributed by atoms with Crippen LogP contribution in [0.4, 0.5) is 4.79 Å². The number of hydrogen-bond acceptors (Lipinski definition) is 5. The van der Waals surface area contributed by atoms with E-state index in [1.165, 1.54) is 13.1 Å². The summed E-state index contributed by atoms with van der Waals surface area (Å²) in [6.45, 7) is 2.78. The fraction of sp³-hybridized carbons (Fsp3) is 0.375. The quantitative estimate of drug-likeness (QED) is 0.649. The second-order valence-corrected chi connectivity index (χ2v) is 5.82. The van der Waals surface area contributed by atoms with Crippen molar-refractivity contribution < 1.29 is 23.9 Å². The lowest BCUT2D eigenvalue weighted by Gasteiger charge is -2.21. The van der Waals surface area contributed by atoms with Crippen molar-refractivity contribution in [3.63, 3.8) is 0 Å². The van der Waals surface area contributed by atoms with Gasteiger partial charge in [0, 0.05) is 7.05 Å². The van der Waals surface area contributed by atoms with Gasteiger partial charge in [-0.25, -0.2) is 9.59 Å². The van der Waals surface area contributed by atoms with Gasteiger partial charge in [-0.15, -0.1) is 0 Å². The Morgan fingerprint density at radius 3 is 2.36 bits per heavy atom. The van der Waals surface area contributed by atoms with Crippen molar-refractivity contribution in [3.05, 3.63) is 34.9 Å². The zero-order valence-corrected chi connectivity index (χ0v) is 14.8. The van der Waals surface area contributed by atoms with Gasteiger partial charge in [0.2, 0.25) is 0 Å². The van der Waals surface area contributed by atoms with Crippen LogP contribution < -0.4 is 16.0 Å². The molecule has 1 aromatic rings. The SMILES string of the molecule is CNC(=O)NC(=O)COC(=O)[C@@H](NC(=O)c1ccccc1Cl)C(C)C. The number of urea groups is 1. The van der Waals surface area contributed by atoms with E-state index in [1.54, 1.807) is 32.0 Å². The van der Waals surface area contributed by atoms with E-state index in [2.05, 4.69) is 10.6 Å². The minimum Gasteiger partial charge on any atom is -0.454 e. The maximum Gasteiger partial charge on any atom is 0.329 e. The Hall–Kier alpha value is -2.61. The first-order valence-corrected chi connectivity index (χ1v) is 7.87. The fourth-order valence-corrected chi connectivity index (χ4v) is 2.04. The molecule has 0 aromatic heterocycles. The van der Waals surface area contributed by atoms with Crippen LogP contribution in [0.15, 0.2) is 24.3 Å². The van der Waals surface area contributed by atoms with Crippen LogP contribution in [-0.4, -0.2) is 43.5 Å². The third kappa shape index (κ3) is 6.42. The van der Waals surface area contributed by atoms with Gasteiger partial charge in [-0.1, -0.05) is 37.6 Å². The number of benzene rings is 1. The fourth-order valence-electron chi connectivity index (χ4n) is 1.81. The number of imide groups is 1. The van der Waals surface area contributed by atoms with Gasteiger partial charge >= 0.3 is 12.0 Å². The summed E-state index contributed by atoms with van der Waals surface area (Å²) in [5.41, 5.74) is 0.222. The lowest BCUT2D eigenvalue weighted by Crippen LogP contribution is -2.46. The van der Waals surface area contributed by atoms with E-state index in [4.69, 9.17) is 16.3 Å². The Morgan fingerprint density at radius 2 is 1.80 bits per heavy atom. The van der Waals surface area contributed by atoms with E-state index in [9.17, 15) is 19.2 Å². The molecule has 0 aliphatic carbocycles. The van der Waals surface area contributed by atoms with Gasteiger partial charge in [-0.2, -0.15) is 0 Å². The van der Waals surface area contributed by atoms with Crippen LogP contribution in [-0.2, 0) is 14.3 Å². The largest absolute Gasteiger partial charge is 0.454 e. The van der Waals surface area contributed by atoms with Crippen LogP contribution in [0, 0.1) is 5.92 Å². The van der Waals surface area contributed by atoms with Gasteiger partial charge in [-0.3, -0.25) is 14.9 Å². The average Bonchev–Trinajstić information content (AvgIpc) is 2.57. The van der Waals surface area contributed by atoms with Crippen LogP contribution in [0.3, 0.4) is 0 Å². The highest BCUT2D eigenvalue weighted by Gasteiger charge is 2.27. The number of amides is 4. The molecule has 4 amide bonds. The second kappa shape index (κ2) is 9.63. The number of rotatable bonds is 6. The van der Waals surface area contributed by atoms with Gasteiger partial charge < -0.3 is 15.4 Å². The molecular weight excluding hydrogens is 350 g/mol. The highest BCUT2D eigenvalue weighted by molar-refractivity contribution is 6.33. The molecule has 9 heteroatoms. The molecule has 1 atom stereocenters. The summed E-state index contributed by atoms with van der Waals surface area (Å²) in [6.07, 6.45) is 0. The molecule has 136 valence electrons. The lowest BCUT2D eigenvalue weighted by molar-refractivity contribution is -0.151. The highest BCUT2D eigenvalue weighted by atomic mass is 35.5. The number of esters is 1. The summed E-state index contributed by atoms with van der Waals surface area (Å²) >= 11 is 5.96. The van der Waals surface area contributed by atoms with Crippen LogP contribution in [0.1, 0.15) is 24.2 Å². The summed E-state index contributed by atoms with van der Waals surface area (Å²) in [5.74, 6) is -2.40. The Balaban J connectivity index is 2.68. The predicted molar refractivity (Wildman–Crippen MR) is 91.1 cm³/mol. The first-order chi connectivity index (χ1) is 11.8. The zero-order chi connectivity index (χ0) is 19.0. The second-order valence-electron chi connectivity index (χ2n) is 5.41. The van der Waals surface area contributed by atoms with Gasteiger partial charge in [-0.05, 0) is 18.1 Å². The van der Waals surface area contributed by atoms with Gasteiger partial charge in [0.25, 0.3) is 11.8 Å². The molecule has 0 radical (unpaired) electrons. The van der Waals surface area contributed by atoms with Crippen LogP contribution in [0.2, 0.25) is 5.02 Å². The van der Waals surface area contributed by atoms with E-state index in [0.717, 1.165) is 0 Å². The van der Waals surface area contributed by atoms with Crippen molar-refractivity contribution in [2.24, 2.45) is 5.92 Å². The topological polar surface area (TPSA) is 114 Å². The predicted octanol–water partition coefficient (Wildman–Crippen LogP) is 1.09. The third-order valence-electron chi connectivity index (χ3n) is 3.15. The number of carbonyl (C=O) groups excluding carboxylic acids is 4. The number of halogens is 1. The van der Waals surface area contributed by atoms with E-state index >= 15 is 0 Å². The third-order valence-corrected chi connectivity index (χ3v) is 3.48. The van der Waals surface area contributed by atoms with Gasteiger partial charge in [0.1, 0.15) is 6.04 Å². The van der Waals surface area contributed by atoms with Crippen molar-refractivity contribution in [2.45, 2.75) is 19.9 Å². The number of nitrogens with one attached hydrogen (secondary N) is 3. The lowest BCUT2D eigenvalue weighted by atomic mass is 10.0. The van der Waals surface area contributed by atoms with Crippen molar-refractivity contribution in [1.29, 1.82) is 0 Å². The smallest absolute Gasteiger partial charge is 0.329 e. The maximum atomic E-state index is 12.3. The monoisotopic (exact) mass is 369 g/mol. The van der Waals surface area contributed by atoms with Crippen LogP contribution in [0.5, 0.6) is 0 Å². The summed E-state index contributed by atoms with van der Waals surface area (Å²) < 4.78 is 4.86. The molecule has 0 aliphatic heterocycles. The van der Waals surface area contributed by atoms with Crippen molar-refractivity contribution in [2.75, 3.05) is 13.7 Å². The Labute approximate surface area is 150 Å². The van der Waals surface area contributed by atoms with Crippen molar-refractivity contribution >= 4 is 35.4 Å². The first kappa shape index (κ1) is 20.4. The summed E-state index contributed by atoms with van der Waals surface area (Å²) in [6, 6.07) is 4.72. The molecule has 0 fully saturated rings. The molecule has 3 N–H and O–H groups in total. The van der Waals surface area contributed by atoms with Gasteiger partial charge in [0.15, 0.2) is 6.61 Å². The molecule has 8 nitrogen and oxygen atoms in total. The molecule has 1 aromatic carbocycles. The molecule has 0 aliphatic rings. The first-order valence-electron chi connectivity index (χ1n) is 7.49. The van der Waals surface area contributed by atoms with E-state index < -0.39 is 36.5 Å². The Bertz CT molecular complexity index is 663. The normalized spacial score (nSPS) is 11.4. The standard InChI is InChI=1S/C16H20ClN3O5/c1-9(2)13(15(23)25-8-12(21)19-16(24)18-3)20-14(22)10-6-4-5-7-11(10)17/h4-7,9,13H,8H2,1-3H3,(H,20,22)(H2,18,19,21,24)/t13-/m0/s1. The molecule has 0 spiro atoms. The molecule has 0 saturated heterocycles. The number of carbonyl (C=O) groups is 4. The molecule has 25 heavy (non-hydrogen) atoms. The molecule has 0 saturated carbocycles. The average molecular weight is 370 g/mol. The molecule has 0 heterocycles. The summed E-state index contributed by atoms with van der Waals surface area (Å²) in [5, 5.41) is 6.94. The van der Waals surface area contributed by atoms with E-state index in [1.807, 2.05) is 5.32 Å². The molecule has 0 unspecified atom stereocenters. The summed E-state index contributed by atoms with van der Waals surface area (Å²) in [7, 11) is 1.34. The Kier molecular flexibility index (Phi) is 7.87. The van der Waals surface area contributed by atoms with E-state index in [-0.39, 0.29) is 16.5 Å². The number of hydrogen-bond donors (Lipinski definition) is 3. The summed E-state index contributed by atoms with van der Waals surface area (Å²) in [4.78, 5) is 46.9. The van der Waals surface area contributed by atoms with Crippen molar-refractivity contribution in [3.8, 4) is 0 Å². The zero-order valence-electron chi connectivity index (χ0n) is 14.1. The Morgan fingerprint density at radius 1 is 1.16 bits per heavy atom. The molecular formula is C16H20ClN3O5. The highest BCUT2D eigenvalue weighted by Crippen LogP contribution is 2.15. The van der Waals surface area contributed by atoms with E-state index in [0.29, 0.717) is 0 Å². The maximum absolute atomic E-state index is 12.3.